The molecule has 0 radical (unpaired) electrons. The molecule has 7 heteroatoms. The Hall–Kier alpha value is -5.43. The normalized spacial score (nSPS) is 23.1. The third kappa shape index (κ3) is 3.39. The molecule has 0 saturated carbocycles. The smallest absolute Gasteiger partial charge is 0.238 e. The zero-order chi connectivity index (χ0) is 29.3. The van der Waals surface area contributed by atoms with Crippen LogP contribution in [-0.4, -0.2) is 35.5 Å². The van der Waals surface area contributed by atoms with Crippen LogP contribution >= 0.6 is 0 Å². The molecule has 1 spiro atoms. The summed E-state index contributed by atoms with van der Waals surface area (Å²) in [6.07, 6.45) is 3.79. The number of nitrogens with zero attached hydrogens (tertiary/aromatic N) is 1. The Kier molecular flexibility index (Phi) is 5.46. The van der Waals surface area contributed by atoms with Crippen LogP contribution in [0.1, 0.15) is 43.6 Å². The maximum Gasteiger partial charge on any atom is 0.238 e. The van der Waals surface area contributed by atoms with Crippen molar-refractivity contribution in [1.82, 2.24) is 4.90 Å². The van der Waals surface area contributed by atoms with Crippen molar-refractivity contribution >= 4 is 40.2 Å². The number of ether oxygens (including phenoxy) is 1. The van der Waals surface area contributed by atoms with Gasteiger partial charge in [0.1, 0.15) is 22.8 Å². The van der Waals surface area contributed by atoms with Crippen LogP contribution in [0.25, 0.3) is 17.0 Å². The molecule has 7 nitrogen and oxygen atoms in total. The second-order valence-electron chi connectivity index (χ2n) is 11.2. The van der Waals surface area contributed by atoms with E-state index in [0.29, 0.717) is 28.1 Å². The molecule has 1 aromatic heterocycles. The molecule has 4 heterocycles. The van der Waals surface area contributed by atoms with Crippen molar-refractivity contribution in [1.29, 1.82) is 0 Å². The first-order valence-corrected chi connectivity index (χ1v) is 14.2. The lowest BCUT2D eigenvalue weighted by molar-refractivity contribution is -0.122. The number of carbonyl (C=O) groups excluding carboxylic acids is 3. The summed E-state index contributed by atoms with van der Waals surface area (Å²) in [4.78, 5) is 46.3. The fourth-order valence-electron chi connectivity index (χ4n) is 7.43. The number of hydrogen-bond acceptors (Lipinski definition) is 6. The highest BCUT2D eigenvalue weighted by molar-refractivity contribution is 6.17. The summed E-state index contributed by atoms with van der Waals surface area (Å²) in [5.41, 5.74) is 2.58. The van der Waals surface area contributed by atoms with Crippen molar-refractivity contribution in [3.05, 3.63) is 137 Å². The number of nitrogens with one attached hydrogen (secondary N) is 1. The molecule has 0 bridgehead atoms. The minimum Gasteiger partial charge on any atom is -0.496 e. The third-order valence-electron chi connectivity index (χ3n) is 9.16. The predicted octanol–water partition coefficient (Wildman–Crippen LogP) is 6.42. The number of para-hydroxylation sites is 3. The molecule has 5 aromatic rings. The standard InChI is InChI=1S/C36H26N2O5/c1-42-28-17-9-5-13-24(28)32(39)31-30(33(40)29-20-22-11-3-8-16-27(22)43-29)36(25-14-6-7-15-26(25)37-35(36)41)34-23-12-4-2-10-21(23)18-19-38(31)34/h2-20,30-31,34H,1H3,(H,37,41)/t30-,31+,34-,36+/m1/s1. The number of furan rings is 1. The van der Waals surface area contributed by atoms with Gasteiger partial charge in [0.05, 0.1) is 24.6 Å². The molecule has 1 saturated heterocycles. The highest BCUT2D eigenvalue weighted by Crippen LogP contribution is 2.62. The number of methoxy groups -OCH3 is 1. The molecule has 0 aliphatic carbocycles. The van der Waals surface area contributed by atoms with Gasteiger partial charge in [0.2, 0.25) is 11.7 Å². The third-order valence-corrected chi connectivity index (χ3v) is 9.16. The van der Waals surface area contributed by atoms with Crippen LogP contribution < -0.4 is 10.1 Å². The molecular weight excluding hydrogens is 540 g/mol. The van der Waals surface area contributed by atoms with Crippen LogP contribution in [0.15, 0.2) is 114 Å². The molecule has 1 N–H and O–H groups in total. The molecule has 3 aliphatic rings. The summed E-state index contributed by atoms with van der Waals surface area (Å²) >= 11 is 0. The first kappa shape index (κ1) is 25.3. The van der Waals surface area contributed by atoms with Gasteiger partial charge in [-0.1, -0.05) is 72.8 Å². The fraction of sp³-hybridized carbons (Fsp3) is 0.139. The van der Waals surface area contributed by atoms with Crippen LogP contribution in [0.3, 0.4) is 0 Å². The van der Waals surface area contributed by atoms with E-state index in [4.69, 9.17) is 9.15 Å². The number of Topliss-reactive ketones (excluding diaryl/α,β-unsaturated/α-hetero) is 2. The number of fused-ring (bicyclic) bond motifs is 7. The zero-order valence-corrected chi connectivity index (χ0v) is 23.2. The van der Waals surface area contributed by atoms with Crippen molar-refractivity contribution in [3.8, 4) is 5.75 Å². The second kappa shape index (κ2) is 9.29. The lowest BCUT2D eigenvalue weighted by Crippen LogP contribution is -2.49. The van der Waals surface area contributed by atoms with E-state index in [1.807, 2.05) is 83.9 Å². The summed E-state index contributed by atoms with van der Waals surface area (Å²) < 4.78 is 11.7. The van der Waals surface area contributed by atoms with Gasteiger partial charge in [0.25, 0.3) is 0 Å². The number of amides is 1. The van der Waals surface area contributed by atoms with Gasteiger partial charge in [0, 0.05) is 17.3 Å². The highest BCUT2D eigenvalue weighted by Gasteiger charge is 2.71. The number of benzene rings is 4. The van der Waals surface area contributed by atoms with Crippen LogP contribution in [0.4, 0.5) is 5.69 Å². The van der Waals surface area contributed by atoms with Gasteiger partial charge in [-0.25, -0.2) is 0 Å². The maximum absolute atomic E-state index is 15.0. The average molecular weight is 567 g/mol. The number of carbonyl (C=O) groups is 3. The molecule has 0 unspecified atom stereocenters. The molecular formula is C36H26N2O5. The van der Waals surface area contributed by atoms with Crippen LogP contribution in [0.2, 0.25) is 0 Å². The molecule has 4 aromatic carbocycles. The summed E-state index contributed by atoms with van der Waals surface area (Å²) in [5, 5.41) is 3.84. The maximum atomic E-state index is 15.0. The Morgan fingerprint density at radius 2 is 1.63 bits per heavy atom. The Balaban J connectivity index is 1.44. The molecule has 210 valence electrons. The minimum absolute atomic E-state index is 0.109. The van der Waals surface area contributed by atoms with E-state index in [1.54, 1.807) is 36.4 Å². The van der Waals surface area contributed by atoms with E-state index in [-0.39, 0.29) is 17.5 Å². The lowest BCUT2D eigenvalue weighted by Gasteiger charge is -2.38. The van der Waals surface area contributed by atoms with Gasteiger partial charge in [-0.15, -0.1) is 0 Å². The van der Waals surface area contributed by atoms with E-state index in [0.717, 1.165) is 16.5 Å². The summed E-state index contributed by atoms with van der Waals surface area (Å²) in [6.45, 7) is 0. The Morgan fingerprint density at radius 3 is 2.49 bits per heavy atom. The minimum atomic E-state index is -1.43. The number of anilines is 1. The molecule has 43 heavy (non-hydrogen) atoms. The lowest BCUT2D eigenvalue weighted by atomic mass is 9.63. The Labute approximate surface area is 247 Å². The Morgan fingerprint density at radius 1 is 0.884 bits per heavy atom. The predicted molar refractivity (Wildman–Crippen MR) is 162 cm³/mol. The fourth-order valence-corrected chi connectivity index (χ4v) is 7.43. The topological polar surface area (TPSA) is 88.9 Å². The van der Waals surface area contributed by atoms with E-state index in [1.165, 1.54) is 7.11 Å². The molecule has 4 atom stereocenters. The van der Waals surface area contributed by atoms with Crippen molar-refractivity contribution in [2.24, 2.45) is 5.92 Å². The number of hydrogen-bond donors (Lipinski definition) is 1. The SMILES string of the molecule is COc1ccccc1C(=O)[C@@H]1[C@H](C(=O)c2cc3ccccc3o2)[C@]2(C(=O)Nc3ccccc32)[C@H]2c3ccccc3C=CN12. The van der Waals surface area contributed by atoms with E-state index >= 15 is 0 Å². The largest absolute Gasteiger partial charge is 0.496 e. The number of rotatable bonds is 5. The highest BCUT2D eigenvalue weighted by atomic mass is 16.5. The zero-order valence-electron chi connectivity index (χ0n) is 23.2. The first-order chi connectivity index (χ1) is 21.0. The Bertz CT molecular complexity index is 1970. The van der Waals surface area contributed by atoms with Crippen LogP contribution in [0, 0.1) is 5.92 Å². The van der Waals surface area contributed by atoms with E-state index in [9.17, 15) is 14.4 Å². The number of ketones is 2. The van der Waals surface area contributed by atoms with E-state index in [2.05, 4.69) is 5.32 Å². The van der Waals surface area contributed by atoms with Crippen molar-refractivity contribution < 1.29 is 23.5 Å². The first-order valence-electron chi connectivity index (χ1n) is 14.2. The van der Waals surface area contributed by atoms with Gasteiger partial charge in [-0.2, -0.15) is 0 Å². The van der Waals surface area contributed by atoms with Gasteiger partial charge in [0.15, 0.2) is 11.5 Å². The second-order valence-corrected chi connectivity index (χ2v) is 11.2. The molecule has 3 aliphatic heterocycles. The molecule has 8 rings (SSSR count). The van der Waals surface area contributed by atoms with Crippen molar-refractivity contribution in [2.75, 3.05) is 12.4 Å². The van der Waals surface area contributed by atoms with Crippen LogP contribution in [0.5, 0.6) is 5.75 Å². The van der Waals surface area contributed by atoms with E-state index < -0.39 is 29.2 Å². The van der Waals surface area contributed by atoms with Gasteiger partial charge in [-0.3, -0.25) is 14.4 Å². The monoisotopic (exact) mass is 566 g/mol. The quantitative estimate of drug-likeness (QED) is 0.247. The van der Waals surface area contributed by atoms with Crippen molar-refractivity contribution in [2.45, 2.75) is 17.5 Å². The van der Waals surface area contributed by atoms with Gasteiger partial charge >= 0.3 is 0 Å². The van der Waals surface area contributed by atoms with Crippen molar-refractivity contribution in [3.63, 3.8) is 0 Å². The summed E-state index contributed by atoms with van der Waals surface area (Å²) in [6, 6.07) is 29.7. The van der Waals surface area contributed by atoms with Crippen LogP contribution in [-0.2, 0) is 10.2 Å². The van der Waals surface area contributed by atoms with Gasteiger partial charge in [-0.05, 0) is 53.1 Å². The summed E-state index contributed by atoms with van der Waals surface area (Å²) in [5.74, 6) is -1.66. The van der Waals surface area contributed by atoms with Gasteiger partial charge < -0.3 is 19.4 Å². The summed E-state index contributed by atoms with van der Waals surface area (Å²) in [7, 11) is 1.51. The average Bonchev–Trinajstić information content (AvgIpc) is 3.71. The molecule has 1 fully saturated rings. The molecule has 1 amide bonds.